The van der Waals surface area contributed by atoms with E-state index in [2.05, 4.69) is 5.32 Å². The van der Waals surface area contributed by atoms with Crippen LogP contribution in [0.3, 0.4) is 0 Å². The number of nitrogens with one attached hydrogen (secondary N) is 1. The van der Waals surface area contributed by atoms with Gasteiger partial charge in [-0.25, -0.2) is 0 Å². The second kappa shape index (κ2) is 7.27. The van der Waals surface area contributed by atoms with Crippen molar-refractivity contribution in [3.8, 4) is 0 Å². The SMILES string of the molecule is O=CNc1ccc(C(=O)N(CC(O)c2ccccc2)C2CC2)cc1. The molecule has 124 valence electrons. The fourth-order valence-corrected chi connectivity index (χ4v) is 2.69. The van der Waals surface area contributed by atoms with Gasteiger partial charge in [-0.2, -0.15) is 0 Å². The third-order valence-corrected chi connectivity index (χ3v) is 4.16. The van der Waals surface area contributed by atoms with Crippen molar-refractivity contribution in [2.45, 2.75) is 25.0 Å². The Balaban J connectivity index is 1.73. The Kier molecular flexibility index (Phi) is 4.91. The second-order valence-electron chi connectivity index (χ2n) is 5.95. The van der Waals surface area contributed by atoms with Gasteiger partial charge in [-0.3, -0.25) is 9.59 Å². The highest BCUT2D eigenvalue weighted by Crippen LogP contribution is 2.30. The molecule has 3 rings (SSSR count). The monoisotopic (exact) mass is 324 g/mol. The van der Waals surface area contributed by atoms with Crippen LogP contribution in [-0.4, -0.2) is 34.9 Å². The maximum Gasteiger partial charge on any atom is 0.254 e. The first-order valence-electron chi connectivity index (χ1n) is 8.03. The van der Waals surface area contributed by atoms with Gasteiger partial charge >= 0.3 is 0 Å². The largest absolute Gasteiger partial charge is 0.387 e. The molecule has 0 spiro atoms. The van der Waals surface area contributed by atoms with Crippen LogP contribution in [-0.2, 0) is 4.79 Å². The molecule has 0 radical (unpaired) electrons. The molecule has 5 nitrogen and oxygen atoms in total. The van der Waals surface area contributed by atoms with Crippen molar-refractivity contribution in [1.82, 2.24) is 4.90 Å². The Labute approximate surface area is 140 Å². The number of aliphatic hydroxyl groups excluding tert-OH is 1. The van der Waals surface area contributed by atoms with Gasteiger partial charge in [0.1, 0.15) is 0 Å². The Bertz CT molecular complexity index is 696. The molecule has 2 aromatic rings. The van der Waals surface area contributed by atoms with Crippen molar-refractivity contribution < 1.29 is 14.7 Å². The molecule has 5 heteroatoms. The lowest BCUT2D eigenvalue weighted by Gasteiger charge is -2.25. The number of benzene rings is 2. The van der Waals surface area contributed by atoms with Gasteiger partial charge in [0.05, 0.1) is 12.6 Å². The van der Waals surface area contributed by atoms with E-state index in [1.165, 1.54) is 0 Å². The van der Waals surface area contributed by atoms with E-state index < -0.39 is 6.10 Å². The quantitative estimate of drug-likeness (QED) is 0.769. The van der Waals surface area contributed by atoms with Gasteiger partial charge in [-0.05, 0) is 42.7 Å². The van der Waals surface area contributed by atoms with Crippen LogP contribution < -0.4 is 5.32 Å². The number of carbonyl (C=O) groups excluding carboxylic acids is 2. The Morgan fingerprint density at radius 2 is 1.83 bits per heavy atom. The van der Waals surface area contributed by atoms with E-state index in [1.807, 2.05) is 30.3 Å². The molecule has 24 heavy (non-hydrogen) atoms. The predicted molar refractivity (Wildman–Crippen MR) is 91.6 cm³/mol. The molecule has 0 heterocycles. The Morgan fingerprint density at radius 1 is 1.17 bits per heavy atom. The molecule has 1 aliphatic carbocycles. The van der Waals surface area contributed by atoms with Gasteiger partial charge in [-0.1, -0.05) is 30.3 Å². The summed E-state index contributed by atoms with van der Waals surface area (Å²) in [5.74, 6) is -0.0925. The van der Waals surface area contributed by atoms with Gasteiger partial charge in [-0.15, -0.1) is 0 Å². The normalized spacial score (nSPS) is 14.7. The molecule has 2 N–H and O–H groups in total. The zero-order valence-electron chi connectivity index (χ0n) is 13.3. The topological polar surface area (TPSA) is 69.6 Å². The molecule has 0 saturated heterocycles. The van der Waals surface area contributed by atoms with Crippen LogP contribution in [0.1, 0.15) is 34.9 Å². The summed E-state index contributed by atoms with van der Waals surface area (Å²) in [5, 5.41) is 13.0. The van der Waals surface area contributed by atoms with Crippen molar-refractivity contribution in [3.63, 3.8) is 0 Å². The lowest BCUT2D eigenvalue weighted by atomic mass is 10.1. The minimum atomic E-state index is -0.702. The minimum Gasteiger partial charge on any atom is -0.387 e. The summed E-state index contributed by atoms with van der Waals surface area (Å²) in [6, 6.07) is 16.3. The second-order valence-corrected chi connectivity index (χ2v) is 5.95. The lowest BCUT2D eigenvalue weighted by Crippen LogP contribution is -2.36. The molecule has 1 atom stereocenters. The van der Waals surface area contributed by atoms with E-state index in [1.54, 1.807) is 29.2 Å². The van der Waals surface area contributed by atoms with Crippen LogP contribution in [0.4, 0.5) is 5.69 Å². The number of hydrogen-bond acceptors (Lipinski definition) is 3. The average molecular weight is 324 g/mol. The van der Waals surface area contributed by atoms with Crippen LogP contribution in [0, 0.1) is 0 Å². The van der Waals surface area contributed by atoms with Gasteiger partial charge < -0.3 is 15.3 Å². The molecule has 2 aromatic carbocycles. The number of rotatable bonds is 7. The first-order chi connectivity index (χ1) is 11.7. The smallest absolute Gasteiger partial charge is 0.254 e. The van der Waals surface area contributed by atoms with E-state index in [0.29, 0.717) is 17.7 Å². The molecule has 0 aliphatic heterocycles. The van der Waals surface area contributed by atoms with Gasteiger partial charge in [0, 0.05) is 17.3 Å². The first-order valence-corrected chi connectivity index (χ1v) is 8.03. The summed E-state index contributed by atoms with van der Waals surface area (Å²) < 4.78 is 0. The number of aliphatic hydroxyl groups is 1. The number of anilines is 1. The summed E-state index contributed by atoms with van der Waals surface area (Å²) in [4.78, 5) is 25.0. The average Bonchev–Trinajstić information content (AvgIpc) is 3.45. The van der Waals surface area contributed by atoms with E-state index >= 15 is 0 Å². The van der Waals surface area contributed by atoms with E-state index in [9.17, 15) is 14.7 Å². The first kappa shape index (κ1) is 16.2. The summed E-state index contributed by atoms with van der Waals surface area (Å²) in [6.07, 6.45) is 1.84. The Hall–Kier alpha value is -2.66. The maximum atomic E-state index is 12.8. The molecule has 1 unspecified atom stereocenters. The highest BCUT2D eigenvalue weighted by atomic mass is 16.3. The van der Waals surface area contributed by atoms with Gasteiger partial charge in [0.25, 0.3) is 5.91 Å². The summed E-state index contributed by atoms with van der Waals surface area (Å²) in [6.45, 7) is 0.280. The fourth-order valence-electron chi connectivity index (χ4n) is 2.69. The van der Waals surface area contributed by atoms with Gasteiger partial charge in [0.15, 0.2) is 0 Å². The predicted octanol–water partition coefficient (Wildman–Crippen LogP) is 2.59. The molecule has 2 amide bonds. The number of nitrogens with zero attached hydrogens (tertiary/aromatic N) is 1. The van der Waals surface area contributed by atoms with E-state index in [-0.39, 0.29) is 18.5 Å². The summed E-state index contributed by atoms with van der Waals surface area (Å²) in [5.41, 5.74) is 2.00. The number of carbonyl (C=O) groups is 2. The number of hydrogen-bond donors (Lipinski definition) is 2. The molecule has 0 aromatic heterocycles. The van der Waals surface area contributed by atoms with Crippen molar-refractivity contribution in [2.24, 2.45) is 0 Å². The number of amides is 2. The Morgan fingerprint density at radius 3 is 2.42 bits per heavy atom. The van der Waals surface area contributed by atoms with Crippen molar-refractivity contribution in [3.05, 3.63) is 65.7 Å². The summed E-state index contributed by atoms with van der Waals surface area (Å²) in [7, 11) is 0. The van der Waals surface area contributed by atoms with Crippen molar-refractivity contribution in [2.75, 3.05) is 11.9 Å². The maximum absolute atomic E-state index is 12.8. The third kappa shape index (κ3) is 3.81. The molecular weight excluding hydrogens is 304 g/mol. The zero-order chi connectivity index (χ0) is 16.9. The highest BCUT2D eigenvalue weighted by Gasteiger charge is 2.34. The lowest BCUT2D eigenvalue weighted by molar-refractivity contribution is -0.105. The van der Waals surface area contributed by atoms with Crippen LogP contribution in [0.2, 0.25) is 0 Å². The molecule has 0 bridgehead atoms. The standard InChI is InChI=1S/C19H20N2O3/c22-13-20-16-8-6-15(7-9-16)19(24)21(17-10-11-17)12-18(23)14-4-2-1-3-5-14/h1-9,13,17-18,23H,10-12H2,(H,20,22). The van der Waals surface area contributed by atoms with E-state index in [4.69, 9.17) is 0 Å². The fraction of sp³-hybridized carbons (Fsp3) is 0.263. The highest BCUT2D eigenvalue weighted by molar-refractivity contribution is 5.95. The van der Waals surface area contributed by atoms with Crippen LogP contribution in [0.15, 0.2) is 54.6 Å². The van der Waals surface area contributed by atoms with Crippen LogP contribution >= 0.6 is 0 Å². The molecule has 1 aliphatic rings. The van der Waals surface area contributed by atoms with E-state index in [0.717, 1.165) is 18.4 Å². The molecule has 1 saturated carbocycles. The van der Waals surface area contributed by atoms with Gasteiger partial charge in [0.2, 0.25) is 6.41 Å². The summed E-state index contributed by atoms with van der Waals surface area (Å²) >= 11 is 0. The van der Waals surface area contributed by atoms with Crippen molar-refractivity contribution in [1.29, 1.82) is 0 Å². The third-order valence-electron chi connectivity index (χ3n) is 4.16. The van der Waals surface area contributed by atoms with Crippen LogP contribution in [0.5, 0.6) is 0 Å². The van der Waals surface area contributed by atoms with Crippen LogP contribution in [0.25, 0.3) is 0 Å². The van der Waals surface area contributed by atoms with Crippen molar-refractivity contribution >= 4 is 18.0 Å². The zero-order valence-corrected chi connectivity index (χ0v) is 13.3. The molecule has 1 fully saturated rings. The minimum absolute atomic E-state index is 0.0925. The molecular formula is C19H20N2O3.